The number of carbonyl (C=O) groups is 1. The van der Waals surface area contributed by atoms with Crippen molar-refractivity contribution in [2.45, 2.75) is 37.5 Å². The lowest BCUT2D eigenvalue weighted by molar-refractivity contribution is -0.138. The fourth-order valence-electron chi connectivity index (χ4n) is 4.39. The van der Waals surface area contributed by atoms with Crippen molar-refractivity contribution in [2.75, 3.05) is 19.7 Å². The van der Waals surface area contributed by atoms with Crippen molar-refractivity contribution in [3.05, 3.63) is 73.8 Å². The third-order valence-electron chi connectivity index (χ3n) is 6.47. The van der Waals surface area contributed by atoms with E-state index in [2.05, 4.69) is 31.1 Å². The van der Waals surface area contributed by atoms with E-state index < -0.39 is 29.5 Å². The lowest BCUT2D eigenvalue weighted by Crippen LogP contribution is -2.40. The number of halogens is 6. The van der Waals surface area contributed by atoms with Crippen molar-refractivity contribution < 1.29 is 36.3 Å². The number of thiazole rings is 1. The molecule has 1 saturated heterocycles. The van der Waals surface area contributed by atoms with Crippen molar-refractivity contribution in [3.63, 3.8) is 0 Å². The van der Waals surface area contributed by atoms with Crippen molar-refractivity contribution in [3.8, 4) is 5.88 Å². The zero-order valence-electron chi connectivity index (χ0n) is 20.1. The van der Waals surface area contributed by atoms with Gasteiger partial charge in [0, 0.05) is 37.0 Å². The first-order valence-corrected chi connectivity index (χ1v) is 13.5. The minimum atomic E-state index is -4.53. The number of carbonyl (C=O) groups excluding carboxylic acids is 1. The number of oxime groups is 1. The maximum Gasteiger partial charge on any atom is 0.417 e. The molecular formula is C25H20BrF5N4O3S. The molecule has 1 unspecified atom stereocenters. The number of pyridine rings is 1. The molecule has 2 aliphatic heterocycles. The molecule has 1 fully saturated rings. The minimum absolute atomic E-state index is 0.00559. The first kappa shape index (κ1) is 27.4. The van der Waals surface area contributed by atoms with Crippen LogP contribution in [0.15, 0.2) is 45.5 Å². The Balaban J connectivity index is 1.12. The van der Waals surface area contributed by atoms with Crippen molar-refractivity contribution in [1.29, 1.82) is 0 Å². The molecule has 14 heteroatoms. The molecule has 0 spiro atoms. The summed E-state index contributed by atoms with van der Waals surface area (Å²) in [6.07, 6.45) is -3.23. The predicted molar refractivity (Wildman–Crippen MR) is 134 cm³/mol. The van der Waals surface area contributed by atoms with Crippen LogP contribution in [0.3, 0.4) is 0 Å². The summed E-state index contributed by atoms with van der Waals surface area (Å²) in [5.74, 6) is -1.66. The van der Waals surface area contributed by atoms with Crippen LogP contribution in [-0.4, -0.2) is 46.2 Å². The molecule has 7 nitrogen and oxygen atoms in total. The number of ether oxygens (including phenoxy) is 1. The van der Waals surface area contributed by atoms with E-state index >= 15 is 0 Å². The van der Waals surface area contributed by atoms with E-state index in [1.54, 1.807) is 4.90 Å². The van der Waals surface area contributed by atoms with Crippen LogP contribution < -0.4 is 4.74 Å². The van der Waals surface area contributed by atoms with Gasteiger partial charge >= 0.3 is 6.18 Å². The normalized spacial score (nSPS) is 18.2. The molecule has 4 heterocycles. The van der Waals surface area contributed by atoms with Crippen LogP contribution in [0.25, 0.3) is 0 Å². The van der Waals surface area contributed by atoms with Crippen LogP contribution in [0.5, 0.6) is 5.88 Å². The van der Waals surface area contributed by atoms with Gasteiger partial charge in [0.25, 0.3) is 5.91 Å². The van der Waals surface area contributed by atoms with Crippen molar-refractivity contribution in [1.82, 2.24) is 14.9 Å². The predicted octanol–water partition coefficient (Wildman–Crippen LogP) is 6.25. The van der Waals surface area contributed by atoms with Gasteiger partial charge in [-0.25, -0.2) is 18.7 Å². The van der Waals surface area contributed by atoms with Crippen LogP contribution in [0, 0.1) is 11.6 Å². The average molecular weight is 631 g/mol. The van der Waals surface area contributed by atoms with Gasteiger partial charge in [0.15, 0.2) is 12.7 Å². The Hall–Kier alpha value is -3.13. The number of rotatable bonds is 6. The fourth-order valence-corrected chi connectivity index (χ4v) is 5.86. The Kier molecular flexibility index (Phi) is 7.85. The van der Waals surface area contributed by atoms with Gasteiger partial charge in [-0.3, -0.25) is 4.79 Å². The van der Waals surface area contributed by atoms with Gasteiger partial charge in [-0.05, 0) is 47.0 Å². The molecule has 1 aromatic carbocycles. The summed E-state index contributed by atoms with van der Waals surface area (Å²) in [5, 5.41) is 6.71. The first-order valence-electron chi connectivity index (χ1n) is 11.9. The monoisotopic (exact) mass is 630 g/mol. The molecule has 1 amide bonds. The number of amides is 1. The molecular weight excluding hydrogens is 611 g/mol. The van der Waals surface area contributed by atoms with Gasteiger partial charge in [-0.1, -0.05) is 11.2 Å². The Bertz CT molecular complexity index is 1390. The third kappa shape index (κ3) is 6.06. The van der Waals surface area contributed by atoms with E-state index in [0.29, 0.717) is 43.5 Å². The molecule has 206 valence electrons. The van der Waals surface area contributed by atoms with E-state index in [-0.39, 0.29) is 40.8 Å². The molecule has 0 saturated carbocycles. The molecule has 5 rings (SSSR count). The number of alkyl halides is 3. The second-order valence-corrected chi connectivity index (χ2v) is 10.7. The topological polar surface area (TPSA) is 76.9 Å². The molecule has 2 aliphatic rings. The highest BCUT2D eigenvalue weighted by Gasteiger charge is 2.33. The lowest BCUT2D eigenvalue weighted by Gasteiger charge is -2.31. The van der Waals surface area contributed by atoms with Crippen LogP contribution in [0.1, 0.15) is 53.1 Å². The van der Waals surface area contributed by atoms with Gasteiger partial charge in [0.2, 0.25) is 5.88 Å². The number of aromatic nitrogens is 2. The maximum absolute atomic E-state index is 14.1. The summed E-state index contributed by atoms with van der Waals surface area (Å²) < 4.78 is 72.0. The summed E-state index contributed by atoms with van der Waals surface area (Å²) in [5.41, 5.74) is 0.0229. The van der Waals surface area contributed by atoms with Crippen LogP contribution in [-0.2, 0) is 15.8 Å². The first-order chi connectivity index (χ1) is 18.6. The molecule has 0 N–H and O–H groups in total. The average Bonchev–Trinajstić information content (AvgIpc) is 3.58. The number of benzene rings is 1. The highest BCUT2D eigenvalue weighted by atomic mass is 79.9. The standard InChI is InChI=1S/C25H20BrF5N4O3S/c26-15-8-14(25(29,30)31)10-32-23(15)37-11-21(36)35-6-4-13(5-7-35)24-33-19(12-39-24)18-9-20(38-34-18)22-16(27)2-1-3-17(22)28/h1-3,8,10,12-13,20H,4-7,9,11H2. The fraction of sp³-hybridized carbons (Fsp3) is 0.360. The lowest BCUT2D eigenvalue weighted by atomic mass is 9.97. The molecule has 3 aromatic rings. The summed E-state index contributed by atoms with van der Waals surface area (Å²) >= 11 is 4.45. The van der Waals surface area contributed by atoms with Gasteiger partial charge in [-0.15, -0.1) is 11.3 Å². The smallest absolute Gasteiger partial charge is 0.417 e. The van der Waals surface area contributed by atoms with E-state index in [4.69, 9.17) is 9.57 Å². The molecule has 0 radical (unpaired) electrons. The Labute approximate surface area is 231 Å². The van der Waals surface area contributed by atoms with E-state index in [1.165, 1.54) is 29.5 Å². The van der Waals surface area contributed by atoms with Gasteiger partial charge < -0.3 is 14.5 Å². The second kappa shape index (κ2) is 11.2. The molecule has 0 bridgehead atoms. The van der Waals surface area contributed by atoms with Crippen LogP contribution in [0.2, 0.25) is 0 Å². The molecule has 1 atom stereocenters. The van der Waals surface area contributed by atoms with Crippen molar-refractivity contribution in [2.24, 2.45) is 5.16 Å². The SMILES string of the molecule is O=C(COc1ncc(C(F)(F)F)cc1Br)N1CCC(c2nc(C3=NOC(c4c(F)cccc4F)C3)cs2)CC1. The van der Waals surface area contributed by atoms with E-state index in [9.17, 15) is 26.7 Å². The Morgan fingerprint density at radius 3 is 2.59 bits per heavy atom. The van der Waals surface area contributed by atoms with Gasteiger partial charge in [0.05, 0.1) is 26.3 Å². The van der Waals surface area contributed by atoms with Gasteiger partial charge in [-0.2, -0.15) is 13.2 Å². The van der Waals surface area contributed by atoms with Crippen LogP contribution >= 0.6 is 27.3 Å². The number of hydrogen-bond donors (Lipinski definition) is 0. The number of hydrogen-bond acceptors (Lipinski definition) is 7. The quantitative estimate of drug-likeness (QED) is 0.301. The van der Waals surface area contributed by atoms with E-state index in [0.717, 1.165) is 11.1 Å². The summed E-state index contributed by atoms with van der Waals surface area (Å²) in [4.78, 5) is 27.9. The number of piperidine rings is 1. The third-order valence-corrected chi connectivity index (χ3v) is 8.05. The largest absolute Gasteiger partial charge is 0.467 e. The molecule has 2 aromatic heterocycles. The molecule has 39 heavy (non-hydrogen) atoms. The Morgan fingerprint density at radius 2 is 1.92 bits per heavy atom. The summed E-state index contributed by atoms with van der Waals surface area (Å²) in [6, 6.07) is 4.49. The highest BCUT2D eigenvalue weighted by Crippen LogP contribution is 2.36. The molecule has 0 aliphatic carbocycles. The van der Waals surface area contributed by atoms with E-state index in [1.807, 2.05) is 5.38 Å². The van der Waals surface area contributed by atoms with Crippen molar-refractivity contribution >= 4 is 38.9 Å². The minimum Gasteiger partial charge on any atom is -0.467 e. The zero-order chi connectivity index (χ0) is 27.7. The van der Waals surface area contributed by atoms with Gasteiger partial charge in [0.1, 0.15) is 17.3 Å². The summed E-state index contributed by atoms with van der Waals surface area (Å²) in [7, 11) is 0. The Morgan fingerprint density at radius 1 is 1.21 bits per heavy atom. The van der Waals surface area contributed by atoms with Crippen LogP contribution in [0.4, 0.5) is 22.0 Å². The zero-order valence-corrected chi connectivity index (χ0v) is 22.5. The second-order valence-electron chi connectivity index (χ2n) is 8.99. The number of likely N-dealkylation sites (tertiary alicyclic amines) is 1. The number of nitrogens with zero attached hydrogens (tertiary/aromatic N) is 4. The summed E-state index contributed by atoms with van der Waals surface area (Å²) in [6.45, 7) is 0.566. The highest BCUT2D eigenvalue weighted by molar-refractivity contribution is 9.10. The maximum atomic E-state index is 14.1.